The molecule has 0 aliphatic heterocycles. The Kier molecular flexibility index (Phi) is 8.79. The maximum atomic E-state index is 12.9. The van der Waals surface area contributed by atoms with Crippen molar-refractivity contribution in [3.63, 3.8) is 0 Å². The first kappa shape index (κ1) is 22.2. The molecule has 0 saturated heterocycles. The number of rotatable bonds is 6. The SMILES string of the molecule is CN=C(NCc1ccc(F)cc1)NCc1ccccc1NS(C)(=O)=O.I. The number of benzene rings is 2. The van der Waals surface area contributed by atoms with Gasteiger partial charge in [-0.15, -0.1) is 24.0 Å². The monoisotopic (exact) mass is 492 g/mol. The van der Waals surface area contributed by atoms with Gasteiger partial charge >= 0.3 is 0 Å². The van der Waals surface area contributed by atoms with E-state index >= 15 is 0 Å². The molecule has 9 heteroatoms. The van der Waals surface area contributed by atoms with Gasteiger partial charge in [0.15, 0.2) is 5.96 Å². The molecule has 2 aromatic rings. The predicted octanol–water partition coefficient (Wildman–Crippen LogP) is 2.68. The van der Waals surface area contributed by atoms with E-state index in [1.165, 1.54) is 12.1 Å². The lowest BCUT2D eigenvalue weighted by atomic mass is 10.2. The number of aliphatic imine (C=N–C) groups is 1. The molecule has 142 valence electrons. The molecule has 6 nitrogen and oxygen atoms in total. The van der Waals surface area contributed by atoms with E-state index in [1.807, 2.05) is 12.1 Å². The number of nitrogens with one attached hydrogen (secondary N) is 3. The third kappa shape index (κ3) is 7.56. The lowest BCUT2D eigenvalue weighted by Gasteiger charge is -2.14. The number of para-hydroxylation sites is 1. The summed E-state index contributed by atoms with van der Waals surface area (Å²) in [6.45, 7) is 0.880. The number of guanidine groups is 1. The van der Waals surface area contributed by atoms with Crippen LogP contribution in [0.5, 0.6) is 0 Å². The van der Waals surface area contributed by atoms with Gasteiger partial charge in [-0.3, -0.25) is 9.71 Å². The highest BCUT2D eigenvalue weighted by atomic mass is 127. The van der Waals surface area contributed by atoms with E-state index in [9.17, 15) is 12.8 Å². The van der Waals surface area contributed by atoms with Gasteiger partial charge in [-0.2, -0.15) is 0 Å². The van der Waals surface area contributed by atoms with E-state index in [1.54, 1.807) is 31.3 Å². The lowest BCUT2D eigenvalue weighted by molar-refractivity contribution is 0.606. The van der Waals surface area contributed by atoms with Crippen LogP contribution in [0.15, 0.2) is 53.5 Å². The van der Waals surface area contributed by atoms with Gasteiger partial charge in [0.2, 0.25) is 10.0 Å². The third-order valence-electron chi connectivity index (χ3n) is 3.36. The Balaban J connectivity index is 0.00000338. The maximum Gasteiger partial charge on any atom is 0.229 e. The van der Waals surface area contributed by atoms with E-state index in [2.05, 4.69) is 20.3 Å². The first-order chi connectivity index (χ1) is 11.9. The Morgan fingerprint density at radius 2 is 1.65 bits per heavy atom. The minimum Gasteiger partial charge on any atom is -0.352 e. The summed E-state index contributed by atoms with van der Waals surface area (Å²) in [5.41, 5.74) is 2.23. The van der Waals surface area contributed by atoms with E-state index in [-0.39, 0.29) is 29.8 Å². The van der Waals surface area contributed by atoms with Gasteiger partial charge in [-0.25, -0.2) is 12.8 Å². The lowest BCUT2D eigenvalue weighted by Crippen LogP contribution is -2.36. The van der Waals surface area contributed by atoms with Crippen molar-refractivity contribution in [1.29, 1.82) is 0 Å². The van der Waals surface area contributed by atoms with Crippen LogP contribution >= 0.6 is 24.0 Å². The number of hydrogen-bond acceptors (Lipinski definition) is 3. The fraction of sp³-hybridized carbons (Fsp3) is 0.235. The average molecular weight is 492 g/mol. The van der Waals surface area contributed by atoms with E-state index < -0.39 is 10.0 Å². The van der Waals surface area contributed by atoms with Crippen molar-refractivity contribution in [2.24, 2.45) is 4.99 Å². The first-order valence-electron chi connectivity index (χ1n) is 7.62. The minimum absolute atomic E-state index is 0. The number of hydrogen-bond donors (Lipinski definition) is 3. The standard InChI is InChI=1S/C17H21FN4O2S.HI/c1-19-17(20-11-13-7-9-15(18)10-8-13)21-12-14-5-3-4-6-16(14)22-25(2,23)24;/h3-10,22H,11-12H2,1-2H3,(H2,19,20,21);1H. The van der Waals surface area contributed by atoms with Gasteiger partial charge in [0.25, 0.3) is 0 Å². The number of sulfonamides is 1. The zero-order valence-electron chi connectivity index (χ0n) is 14.5. The molecule has 0 aliphatic rings. The van der Waals surface area contributed by atoms with E-state index in [4.69, 9.17) is 0 Å². The molecule has 0 spiro atoms. The average Bonchev–Trinajstić information content (AvgIpc) is 2.56. The molecule has 0 heterocycles. The van der Waals surface area contributed by atoms with Crippen LogP contribution < -0.4 is 15.4 Å². The highest BCUT2D eigenvalue weighted by Crippen LogP contribution is 2.15. The molecule has 0 unspecified atom stereocenters. The topological polar surface area (TPSA) is 82.6 Å². The number of anilines is 1. The molecular formula is C17H22FIN4O2S. The molecular weight excluding hydrogens is 470 g/mol. The molecule has 0 atom stereocenters. The molecule has 0 amide bonds. The second-order valence-electron chi connectivity index (χ2n) is 5.44. The normalized spacial score (nSPS) is 11.4. The Morgan fingerprint density at radius 3 is 2.27 bits per heavy atom. The summed E-state index contributed by atoms with van der Waals surface area (Å²) in [5.74, 6) is 0.278. The highest BCUT2D eigenvalue weighted by Gasteiger charge is 2.07. The Bertz CT molecular complexity index is 842. The van der Waals surface area contributed by atoms with Crippen LogP contribution in [0.25, 0.3) is 0 Å². The quantitative estimate of drug-likeness (QED) is 0.329. The fourth-order valence-corrected chi connectivity index (χ4v) is 2.76. The predicted molar refractivity (Wildman–Crippen MR) is 114 cm³/mol. The van der Waals surface area contributed by atoms with Crippen LogP contribution in [0, 0.1) is 5.82 Å². The van der Waals surface area contributed by atoms with Crippen LogP contribution in [-0.2, 0) is 23.1 Å². The summed E-state index contributed by atoms with van der Waals surface area (Å²) in [5, 5.41) is 6.24. The molecule has 0 aromatic heterocycles. The fourth-order valence-electron chi connectivity index (χ4n) is 2.16. The van der Waals surface area contributed by atoms with Crippen molar-refractivity contribution in [2.45, 2.75) is 13.1 Å². The Hall–Kier alpha value is -1.88. The molecule has 3 N–H and O–H groups in total. The number of nitrogens with zero attached hydrogens (tertiary/aromatic N) is 1. The smallest absolute Gasteiger partial charge is 0.229 e. The van der Waals surface area contributed by atoms with E-state index in [0.717, 1.165) is 17.4 Å². The van der Waals surface area contributed by atoms with Crippen molar-refractivity contribution in [2.75, 3.05) is 18.0 Å². The molecule has 0 fully saturated rings. The summed E-state index contributed by atoms with van der Waals surface area (Å²) in [4.78, 5) is 4.12. The second-order valence-corrected chi connectivity index (χ2v) is 7.19. The molecule has 2 rings (SSSR count). The molecule has 0 aliphatic carbocycles. The van der Waals surface area contributed by atoms with E-state index in [0.29, 0.717) is 24.7 Å². The Morgan fingerprint density at radius 1 is 1.04 bits per heavy atom. The molecule has 0 bridgehead atoms. The van der Waals surface area contributed by atoms with Gasteiger partial charge in [0.05, 0.1) is 11.9 Å². The number of halogens is 2. The molecule has 0 radical (unpaired) electrons. The summed E-state index contributed by atoms with van der Waals surface area (Å²) >= 11 is 0. The van der Waals surface area contributed by atoms with Crippen LogP contribution in [0.4, 0.5) is 10.1 Å². The summed E-state index contributed by atoms with van der Waals surface area (Å²) in [6.07, 6.45) is 1.11. The van der Waals surface area contributed by atoms with Crippen molar-refractivity contribution in [1.82, 2.24) is 10.6 Å². The van der Waals surface area contributed by atoms with Crippen molar-refractivity contribution in [3.8, 4) is 0 Å². The van der Waals surface area contributed by atoms with Crippen molar-refractivity contribution in [3.05, 3.63) is 65.5 Å². The van der Waals surface area contributed by atoms with Crippen LogP contribution in [0.1, 0.15) is 11.1 Å². The zero-order valence-corrected chi connectivity index (χ0v) is 17.6. The summed E-state index contributed by atoms with van der Waals surface area (Å²) in [6, 6.07) is 13.3. The van der Waals surface area contributed by atoms with Crippen LogP contribution in [0.3, 0.4) is 0 Å². The van der Waals surface area contributed by atoms with Gasteiger partial charge in [0, 0.05) is 20.1 Å². The van der Waals surface area contributed by atoms with Gasteiger partial charge < -0.3 is 10.6 Å². The molecule has 26 heavy (non-hydrogen) atoms. The first-order valence-corrected chi connectivity index (χ1v) is 9.51. The highest BCUT2D eigenvalue weighted by molar-refractivity contribution is 14.0. The van der Waals surface area contributed by atoms with Crippen molar-refractivity contribution >= 4 is 45.6 Å². The third-order valence-corrected chi connectivity index (χ3v) is 3.95. The van der Waals surface area contributed by atoms with Crippen molar-refractivity contribution < 1.29 is 12.8 Å². The summed E-state index contributed by atoms with van der Waals surface area (Å²) < 4.78 is 38.3. The van der Waals surface area contributed by atoms with Crippen LogP contribution in [0.2, 0.25) is 0 Å². The minimum atomic E-state index is -3.35. The maximum absolute atomic E-state index is 12.9. The van der Waals surface area contributed by atoms with Gasteiger partial charge in [-0.1, -0.05) is 30.3 Å². The van der Waals surface area contributed by atoms with Crippen LogP contribution in [-0.4, -0.2) is 27.7 Å². The summed E-state index contributed by atoms with van der Waals surface area (Å²) in [7, 11) is -1.71. The Labute approximate surface area is 170 Å². The molecule has 2 aromatic carbocycles. The molecule has 0 saturated carbocycles. The van der Waals surface area contributed by atoms with Gasteiger partial charge in [-0.05, 0) is 29.3 Å². The second kappa shape index (κ2) is 10.3. The van der Waals surface area contributed by atoms with Gasteiger partial charge in [0.1, 0.15) is 5.82 Å². The largest absolute Gasteiger partial charge is 0.352 e. The zero-order chi connectivity index (χ0) is 18.3.